The summed E-state index contributed by atoms with van der Waals surface area (Å²) < 4.78 is 0. The maximum Gasteiger partial charge on any atom is 0.130 e. The van der Waals surface area contributed by atoms with Crippen LogP contribution in [-0.4, -0.2) is 9.97 Å². The van der Waals surface area contributed by atoms with Gasteiger partial charge in [0.2, 0.25) is 0 Å². The van der Waals surface area contributed by atoms with Crippen molar-refractivity contribution in [3.05, 3.63) is 73.2 Å². The molecule has 3 aromatic rings. The number of nitrogens with one attached hydrogen (secondary N) is 1. The Kier molecular flexibility index (Phi) is 5.04. The molecule has 0 aliphatic heterocycles. The van der Waals surface area contributed by atoms with Crippen LogP contribution in [0.25, 0.3) is 10.8 Å². The highest BCUT2D eigenvalue weighted by molar-refractivity contribution is 5.85. The zero-order valence-electron chi connectivity index (χ0n) is 12.4. The first kappa shape index (κ1) is 14.7. The molecule has 0 aliphatic rings. The molecule has 0 radical (unpaired) electrons. The molecular formula is C18H21N3. The van der Waals surface area contributed by atoms with Crippen LogP contribution >= 0.6 is 0 Å². The summed E-state index contributed by atoms with van der Waals surface area (Å²) in [5.74, 6) is 0.856. The van der Waals surface area contributed by atoms with Crippen molar-refractivity contribution in [1.82, 2.24) is 9.97 Å². The Balaban J connectivity index is 0.000000562. The standard InChI is InChI=1S/C15H13N3.C3H6.H2/c1-11-2-5-15(17-9-11)18-14-4-3-13-10-16-7-6-12(13)8-14;1-3-2;/h2-10H,1H3,(H,17,18);3H,1H2,2H3;1H. The zero-order valence-corrected chi connectivity index (χ0v) is 12.4. The van der Waals surface area contributed by atoms with Crippen molar-refractivity contribution >= 4 is 22.3 Å². The van der Waals surface area contributed by atoms with Gasteiger partial charge in [0, 0.05) is 31.1 Å². The van der Waals surface area contributed by atoms with Crippen LogP contribution in [0.3, 0.4) is 0 Å². The molecule has 2 heterocycles. The van der Waals surface area contributed by atoms with E-state index in [0.717, 1.165) is 22.5 Å². The molecular weight excluding hydrogens is 258 g/mol. The van der Waals surface area contributed by atoms with E-state index in [2.05, 4.69) is 34.0 Å². The van der Waals surface area contributed by atoms with Gasteiger partial charge in [-0.05, 0) is 49.1 Å². The van der Waals surface area contributed by atoms with Gasteiger partial charge in [-0.2, -0.15) is 0 Å². The van der Waals surface area contributed by atoms with Crippen molar-refractivity contribution in [3.8, 4) is 0 Å². The van der Waals surface area contributed by atoms with Crippen LogP contribution in [-0.2, 0) is 0 Å². The second-order valence-electron chi connectivity index (χ2n) is 4.69. The summed E-state index contributed by atoms with van der Waals surface area (Å²) in [6.45, 7) is 7.28. The van der Waals surface area contributed by atoms with E-state index >= 15 is 0 Å². The molecule has 0 fully saturated rings. The van der Waals surface area contributed by atoms with Crippen LogP contribution < -0.4 is 5.32 Å². The van der Waals surface area contributed by atoms with E-state index in [1.165, 1.54) is 5.39 Å². The van der Waals surface area contributed by atoms with Gasteiger partial charge < -0.3 is 5.32 Å². The van der Waals surface area contributed by atoms with Crippen molar-refractivity contribution in [3.63, 3.8) is 0 Å². The van der Waals surface area contributed by atoms with Gasteiger partial charge in [0.1, 0.15) is 5.82 Å². The molecule has 0 saturated heterocycles. The molecule has 3 rings (SSSR count). The van der Waals surface area contributed by atoms with Crippen molar-refractivity contribution in [2.24, 2.45) is 0 Å². The molecule has 0 unspecified atom stereocenters. The van der Waals surface area contributed by atoms with Gasteiger partial charge in [0.15, 0.2) is 0 Å². The van der Waals surface area contributed by atoms with E-state index in [0.29, 0.717) is 0 Å². The monoisotopic (exact) mass is 279 g/mol. The number of allylic oxidation sites excluding steroid dienone is 1. The van der Waals surface area contributed by atoms with E-state index < -0.39 is 0 Å². The molecule has 2 aromatic heterocycles. The number of benzene rings is 1. The maximum absolute atomic E-state index is 4.33. The highest BCUT2D eigenvalue weighted by atomic mass is 15.0. The molecule has 0 bridgehead atoms. The van der Waals surface area contributed by atoms with Crippen molar-refractivity contribution in [2.75, 3.05) is 5.32 Å². The minimum atomic E-state index is 0. The van der Waals surface area contributed by atoms with Crippen molar-refractivity contribution < 1.29 is 1.43 Å². The lowest BCUT2D eigenvalue weighted by Gasteiger charge is -2.06. The average Bonchev–Trinajstić information content (AvgIpc) is 2.50. The third-order valence-corrected chi connectivity index (χ3v) is 2.82. The van der Waals surface area contributed by atoms with Crippen molar-refractivity contribution in [1.29, 1.82) is 0 Å². The smallest absolute Gasteiger partial charge is 0.130 e. The fraction of sp³-hybridized carbons (Fsp3) is 0.111. The molecule has 0 aliphatic carbocycles. The quantitative estimate of drug-likeness (QED) is 0.661. The number of anilines is 2. The Morgan fingerprint density at radius 3 is 2.62 bits per heavy atom. The molecule has 1 N–H and O–H groups in total. The number of nitrogens with zero attached hydrogens (tertiary/aromatic N) is 2. The number of pyridine rings is 2. The lowest BCUT2D eigenvalue weighted by Crippen LogP contribution is -1.93. The molecule has 3 heteroatoms. The van der Waals surface area contributed by atoms with Crippen LogP contribution in [0.5, 0.6) is 0 Å². The molecule has 3 nitrogen and oxygen atoms in total. The lowest BCUT2D eigenvalue weighted by atomic mass is 10.1. The van der Waals surface area contributed by atoms with E-state index in [9.17, 15) is 0 Å². The number of fused-ring (bicyclic) bond motifs is 1. The van der Waals surface area contributed by atoms with Gasteiger partial charge in [-0.25, -0.2) is 4.98 Å². The molecule has 0 saturated carbocycles. The van der Waals surface area contributed by atoms with Crippen LogP contribution in [0.15, 0.2) is 67.6 Å². The molecule has 21 heavy (non-hydrogen) atoms. The summed E-state index contributed by atoms with van der Waals surface area (Å²) in [6, 6.07) is 12.2. The van der Waals surface area contributed by atoms with Gasteiger partial charge in [0.05, 0.1) is 0 Å². The normalized spacial score (nSPS) is 9.62. The first-order valence-electron chi connectivity index (χ1n) is 6.83. The summed E-state index contributed by atoms with van der Waals surface area (Å²) in [7, 11) is 0. The van der Waals surface area contributed by atoms with Gasteiger partial charge in [0.25, 0.3) is 0 Å². The highest BCUT2D eigenvalue weighted by Crippen LogP contribution is 2.20. The first-order chi connectivity index (χ1) is 10.2. The summed E-state index contributed by atoms with van der Waals surface area (Å²) in [5.41, 5.74) is 2.19. The van der Waals surface area contributed by atoms with Crippen molar-refractivity contribution in [2.45, 2.75) is 13.8 Å². The average molecular weight is 279 g/mol. The van der Waals surface area contributed by atoms with Gasteiger partial charge in [-0.15, -0.1) is 6.58 Å². The first-order valence-corrected chi connectivity index (χ1v) is 6.83. The second kappa shape index (κ2) is 7.20. The van der Waals surface area contributed by atoms with Gasteiger partial charge in [-0.3, -0.25) is 4.98 Å². The number of aryl methyl sites for hydroxylation is 1. The molecule has 108 valence electrons. The lowest BCUT2D eigenvalue weighted by molar-refractivity contribution is 1.26. The number of hydrogen-bond donors (Lipinski definition) is 1. The highest BCUT2D eigenvalue weighted by Gasteiger charge is 1.98. The van der Waals surface area contributed by atoms with Crippen LogP contribution in [0.2, 0.25) is 0 Å². The van der Waals surface area contributed by atoms with E-state index in [-0.39, 0.29) is 1.43 Å². The second-order valence-corrected chi connectivity index (χ2v) is 4.69. The summed E-state index contributed by atoms with van der Waals surface area (Å²) in [5, 5.41) is 5.60. The Morgan fingerprint density at radius 2 is 1.90 bits per heavy atom. The Hall–Kier alpha value is -2.68. The largest absolute Gasteiger partial charge is 0.340 e. The van der Waals surface area contributed by atoms with E-state index in [1.54, 1.807) is 12.3 Å². The van der Waals surface area contributed by atoms with E-state index in [1.807, 2.05) is 50.5 Å². The van der Waals surface area contributed by atoms with E-state index in [4.69, 9.17) is 0 Å². The fourth-order valence-corrected chi connectivity index (χ4v) is 1.85. The third-order valence-electron chi connectivity index (χ3n) is 2.82. The summed E-state index contributed by atoms with van der Waals surface area (Å²) >= 11 is 0. The summed E-state index contributed by atoms with van der Waals surface area (Å²) in [4.78, 5) is 8.43. The molecule has 0 amide bonds. The van der Waals surface area contributed by atoms with Crippen LogP contribution in [0.4, 0.5) is 11.5 Å². The Labute approximate surface area is 126 Å². The predicted octanol–water partition coefficient (Wildman–Crippen LogP) is 5.12. The van der Waals surface area contributed by atoms with Crippen LogP contribution in [0.1, 0.15) is 13.9 Å². The number of aromatic nitrogens is 2. The minimum Gasteiger partial charge on any atom is -0.340 e. The van der Waals surface area contributed by atoms with Gasteiger partial charge >= 0.3 is 0 Å². The number of rotatable bonds is 2. The predicted molar refractivity (Wildman–Crippen MR) is 92.0 cm³/mol. The fourth-order valence-electron chi connectivity index (χ4n) is 1.85. The van der Waals surface area contributed by atoms with Crippen LogP contribution in [0, 0.1) is 6.92 Å². The summed E-state index contributed by atoms with van der Waals surface area (Å²) in [6.07, 6.45) is 7.27. The topological polar surface area (TPSA) is 37.8 Å². The zero-order chi connectivity index (χ0) is 15.1. The maximum atomic E-state index is 4.33. The number of hydrogen-bond acceptors (Lipinski definition) is 3. The minimum absolute atomic E-state index is 0. The molecule has 0 spiro atoms. The Bertz CT molecular complexity index is 724. The molecule has 0 atom stereocenters. The Morgan fingerprint density at radius 1 is 1.10 bits per heavy atom. The van der Waals surface area contributed by atoms with Gasteiger partial charge in [-0.1, -0.05) is 18.2 Å². The SMILES string of the molecule is C=CC.Cc1ccc(Nc2ccc3cnccc3c2)nc1.[HH]. The molecule has 1 aromatic carbocycles. The third kappa shape index (κ3) is 4.14.